The first-order chi connectivity index (χ1) is 11.4. The molecule has 0 aliphatic rings. The Labute approximate surface area is 142 Å². The van der Waals surface area contributed by atoms with Crippen LogP contribution in [-0.2, 0) is 10.0 Å². The minimum absolute atomic E-state index is 0.191. The molecule has 1 aromatic heterocycles. The van der Waals surface area contributed by atoms with Gasteiger partial charge in [-0.1, -0.05) is 29.8 Å². The molecule has 0 spiro atoms. The summed E-state index contributed by atoms with van der Waals surface area (Å²) in [5.74, 6) is 0.141. The van der Waals surface area contributed by atoms with Crippen molar-refractivity contribution in [3.63, 3.8) is 0 Å². The maximum Gasteiger partial charge on any atom is 0.266 e. The second-order valence-electron chi connectivity index (χ2n) is 4.98. The van der Waals surface area contributed by atoms with Gasteiger partial charge in [-0.2, -0.15) is 5.10 Å². The summed E-state index contributed by atoms with van der Waals surface area (Å²) in [7, 11) is -4.17. The molecule has 0 amide bonds. The van der Waals surface area contributed by atoms with Crippen molar-refractivity contribution < 1.29 is 12.8 Å². The molecule has 0 aliphatic carbocycles. The number of anilines is 1. The zero-order chi connectivity index (χ0) is 17.3. The lowest BCUT2D eigenvalue weighted by molar-refractivity contribution is 0.570. The fraction of sp³-hybridized carbons (Fsp3) is 0.0667. The van der Waals surface area contributed by atoms with Gasteiger partial charge in [-0.25, -0.2) is 17.8 Å². The summed E-state index contributed by atoms with van der Waals surface area (Å²) in [5.41, 5.74) is 0.855. The first-order valence-corrected chi connectivity index (χ1v) is 8.69. The van der Waals surface area contributed by atoms with E-state index in [1.807, 2.05) is 0 Å². The number of nitrogens with one attached hydrogen (secondary N) is 2. The van der Waals surface area contributed by atoms with Gasteiger partial charge in [-0.05, 0) is 31.2 Å². The molecule has 0 unspecified atom stereocenters. The summed E-state index contributed by atoms with van der Waals surface area (Å²) in [5, 5.41) is 6.53. The van der Waals surface area contributed by atoms with Gasteiger partial charge in [0, 0.05) is 11.3 Å². The largest absolute Gasteiger partial charge is 0.279 e. The van der Waals surface area contributed by atoms with E-state index in [1.54, 1.807) is 25.1 Å². The number of aromatic amines is 1. The molecule has 0 radical (unpaired) electrons. The molecule has 9 heteroatoms. The number of benzene rings is 2. The number of sulfonamides is 1. The van der Waals surface area contributed by atoms with Crippen molar-refractivity contribution in [3.8, 4) is 11.4 Å². The van der Waals surface area contributed by atoms with Gasteiger partial charge < -0.3 is 0 Å². The van der Waals surface area contributed by atoms with Gasteiger partial charge in [0.25, 0.3) is 10.0 Å². The molecule has 0 aliphatic heterocycles. The molecule has 0 saturated carbocycles. The SMILES string of the molecule is Cc1nc(-c2cccc(NS(=O)(=O)c3c(F)cccc3Cl)c2)n[nH]1. The highest BCUT2D eigenvalue weighted by Gasteiger charge is 2.23. The Morgan fingerprint density at radius 3 is 2.62 bits per heavy atom. The quantitative estimate of drug-likeness (QED) is 0.741. The van der Waals surface area contributed by atoms with Crippen molar-refractivity contribution in [1.29, 1.82) is 0 Å². The Morgan fingerprint density at radius 1 is 1.21 bits per heavy atom. The van der Waals surface area contributed by atoms with Crippen LogP contribution in [0.3, 0.4) is 0 Å². The number of aryl methyl sites for hydroxylation is 1. The van der Waals surface area contributed by atoms with Crippen molar-refractivity contribution in [2.24, 2.45) is 0 Å². The summed E-state index contributed by atoms with van der Waals surface area (Å²) in [6.07, 6.45) is 0. The molecule has 2 aromatic carbocycles. The van der Waals surface area contributed by atoms with E-state index in [4.69, 9.17) is 11.6 Å². The Balaban J connectivity index is 1.96. The highest BCUT2D eigenvalue weighted by molar-refractivity contribution is 7.92. The summed E-state index contributed by atoms with van der Waals surface area (Å²) >= 11 is 5.83. The van der Waals surface area contributed by atoms with Crippen molar-refractivity contribution in [2.75, 3.05) is 4.72 Å². The molecule has 0 fully saturated rings. The highest BCUT2D eigenvalue weighted by Crippen LogP contribution is 2.27. The van der Waals surface area contributed by atoms with Gasteiger partial charge in [0.1, 0.15) is 16.5 Å². The Hall–Kier alpha value is -2.45. The molecule has 24 heavy (non-hydrogen) atoms. The Bertz CT molecular complexity index is 984. The average Bonchev–Trinajstić information content (AvgIpc) is 2.93. The zero-order valence-electron chi connectivity index (χ0n) is 12.4. The molecule has 3 rings (SSSR count). The lowest BCUT2D eigenvalue weighted by Gasteiger charge is -2.10. The minimum atomic E-state index is -4.17. The van der Waals surface area contributed by atoms with E-state index in [0.29, 0.717) is 17.2 Å². The number of H-pyrrole nitrogens is 1. The topological polar surface area (TPSA) is 87.7 Å². The highest BCUT2D eigenvalue weighted by atomic mass is 35.5. The van der Waals surface area contributed by atoms with E-state index < -0.39 is 20.7 Å². The summed E-state index contributed by atoms with van der Waals surface area (Å²) in [4.78, 5) is 3.59. The van der Waals surface area contributed by atoms with Crippen LogP contribution in [0, 0.1) is 12.7 Å². The second kappa shape index (κ2) is 6.21. The lowest BCUT2D eigenvalue weighted by Crippen LogP contribution is -2.15. The predicted octanol–water partition coefficient (Wildman–Crippen LogP) is 3.37. The van der Waals surface area contributed by atoms with E-state index in [9.17, 15) is 12.8 Å². The van der Waals surface area contributed by atoms with Crippen LogP contribution in [0.25, 0.3) is 11.4 Å². The van der Waals surface area contributed by atoms with Crippen LogP contribution >= 0.6 is 11.6 Å². The van der Waals surface area contributed by atoms with Gasteiger partial charge >= 0.3 is 0 Å². The fourth-order valence-corrected chi connectivity index (χ4v) is 3.80. The number of nitrogens with zero attached hydrogens (tertiary/aromatic N) is 2. The van der Waals surface area contributed by atoms with Crippen molar-refractivity contribution >= 4 is 27.3 Å². The third-order valence-corrected chi connectivity index (χ3v) is 5.04. The monoisotopic (exact) mass is 366 g/mol. The third kappa shape index (κ3) is 3.24. The minimum Gasteiger partial charge on any atom is -0.279 e. The summed E-state index contributed by atoms with van der Waals surface area (Å²) in [6.45, 7) is 1.75. The van der Waals surface area contributed by atoms with Crippen LogP contribution in [0.5, 0.6) is 0 Å². The Kier molecular flexibility index (Phi) is 4.25. The number of hydrogen-bond donors (Lipinski definition) is 2. The molecule has 6 nitrogen and oxygen atoms in total. The molecule has 0 bridgehead atoms. The molecular formula is C15H12ClFN4O2S. The molecular weight excluding hydrogens is 355 g/mol. The number of halogens is 2. The molecule has 1 heterocycles. The third-order valence-electron chi connectivity index (χ3n) is 3.16. The number of hydrogen-bond acceptors (Lipinski definition) is 4. The van der Waals surface area contributed by atoms with Crippen molar-refractivity contribution in [1.82, 2.24) is 15.2 Å². The van der Waals surface area contributed by atoms with Gasteiger partial charge in [0.15, 0.2) is 5.82 Å². The zero-order valence-corrected chi connectivity index (χ0v) is 14.0. The van der Waals surface area contributed by atoms with E-state index in [0.717, 1.165) is 6.07 Å². The van der Waals surface area contributed by atoms with Gasteiger partial charge in [-0.15, -0.1) is 0 Å². The smallest absolute Gasteiger partial charge is 0.266 e. The maximum atomic E-state index is 13.9. The molecule has 3 aromatic rings. The first-order valence-electron chi connectivity index (χ1n) is 6.83. The van der Waals surface area contributed by atoms with Crippen molar-refractivity contribution in [3.05, 3.63) is 59.1 Å². The van der Waals surface area contributed by atoms with Gasteiger partial charge in [0.2, 0.25) is 0 Å². The lowest BCUT2D eigenvalue weighted by atomic mass is 10.2. The Morgan fingerprint density at radius 2 is 1.96 bits per heavy atom. The normalized spacial score (nSPS) is 11.5. The van der Waals surface area contributed by atoms with E-state index in [-0.39, 0.29) is 10.7 Å². The predicted molar refractivity (Wildman–Crippen MR) is 88.8 cm³/mol. The number of aromatic nitrogens is 3. The van der Waals surface area contributed by atoms with Crippen LogP contribution < -0.4 is 4.72 Å². The number of rotatable bonds is 4. The molecule has 0 saturated heterocycles. The summed E-state index contributed by atoms with van der Waals surface area (Å²) in [6, 6.07) is 10.1. The van der Waals surface area contributed by atoms with Gasteiger partial charge in [0.05, 0.1) is 5.02 Å². The van der Waals surface area contributed by atoms with E-state index >= 15 is 0 Å². The average molecular weight is 367 g/mol. The van der Waals surface area contributed by atoms with E-state index in [1.165, 1.54) is 18.2 Å². The van der Waals surface area contributed by atoms with E-state index in [2.05, 4.69) is 19.9 Å². The fourth-order valence-electron chi connectivity index (χ4n) is 2.14. The van der Waals surface area contributed by atoms with Crippen LogP contribution in [0.2, 0.25) is 5.02 Å². The summed E-state index contributed by atoms with van der Waals surface area (Å²) < 4.78 is 41.0. The molecule has 2 N–H and O–H groups in total. The van der Waals surface area contributed by atoms with Crippen molar-refractivity contribution in [2.45, 2.75) is 11.8 Å². The standard InChI is InChI=1S/C15H12ClFN4O2S/c1-9-18-15(20-19-9)10-4-2-5-11(8-10)21-24(22,23)14-12(16)6-3-7-13(14)17/h2-8,21H,1H3,(H,18,19,20). The van der Waals surface area contributed by atoms with Crippen LogP contribution in [0.1, 0.15) is 5.82 Å². The molecule has 124 valence electrons. The molecule has 0 atom stereocenters. The maximum absolute atomic E-state index is 13.9. The first kappa shape index (κ1) is 16.4. The second-order valence-corrected chi connectivity index (χ2v) is 7.01. The van der Waals surface area contributed by atoms with Crippen LogP contribution in [0.4, 0.5) is 10.1 Å². The van der Waals surface area contributed by atoms with Crippen LogP contribution in [0.15, 0.2) is 47.4 Å². The van der Waals surface area contributed by atoms with Crippen LogP contribution in [-0.4, -0.2) is 23.6 Å². The van der Waals surface area contributed by atoms with Gasteiger partial charge in [-0.3, -0.25) is 9.82 Å².